The van der Waals surface area contributed by atoms with Crippen molar-refractivity contribution in [2.24, 2.45) is 0 Å². The van der Waals surface area contributed by atoms with Crippen LogP contribution in [0.15, 0.2) is 54.6 Å². The van der Waals surface area contributed by atoms with Crippen LogP contribution >= 0.6 is 11.6 Å². The molecule has 0 aliphatic heterocycles. The van der Waals surface area contributed by atoms with Gasteiger partial charge in [0.1, 0.15) is 5.38 Å². The maximum atomic E-state index is 12.5. The van der Waals surface area contributed by atoms with Gasteiger partial charge in [-0.3, -0.25) is 4.79 Å². The van der Waals surface area contributed by atoms with Crippen molar-refractivity contribution >= 4 is 17.4 Å². The summed E-state index contributed by atoms with van der Waals surface area (Å²) in [5.41, 5.74) is 2.61. The van der Waals surface area contributed by atoms with Crippen LogP contribution < -0.4 is 0 Å². The summed E-state index contributed by atoms with van der Waals surface area (Å²) in [5, 5.41) is -0.624. The van der Waals surface area contributed by atoms with Crippen molar-refractivity contribution in [2.75, 3.05) is 0 Å². The molecular formula is C17H17ClO. The molecule has 1 atom stereocenters. The molecule has 2 rings (SSSR count). The van der Waals surface area contributed by atoms with Gasteiger partial charge in [-0.1, -0.05) is 68.4 Å². The van der Waals surface area contributed by atoms with Gasteiger partial charge in [0.2, 0.25) is 0 Å². The molecule has 2 heteroatoms. The van der Waals surface area contributed by atoms with E-state index in [2.05, 4.69) is 13.8 Å². The summed E-state index contributed by atoms with van der Waals surface area (Å²) in [5.74, 6) is 0.275. The first-order valence-corrected chi connectivity index (χ1v) is 6.87. The number of carbonyl (C=O) groups excluding carboxylic acids is 1. The maximum Gasteiger partial charge on any atom is 0.185 e. The maximum absolute atomic E-state index is 12.5. The average Bonchev–Trinajstić information content (AvgIpc) is 2.46. The summed E-state index contributed by atoms with van der Waals surface area (Å²) < 4.78 is 0. The number of benzene rings is 2. The van der Waals surface area contributed by atoms with Crippen molar-refractivity contribution < 1.29 is 4.79 Å². The van der Waals surface area contributed by atoms with E-state index in [4.69, 9.17) is 11.6 Å². The highest BCUT2D eigenvalue weighted by Gasteiger charge is 2.22. The van der Waals surface area contributed by atoms with Gasteiger partial charge in [0.15, 0.2) is 5.78 Å². The van der Waals surface area contributed by atoms with Crippen molar-refractivity contribution in [2.45, 2.75) is 25.1 Å². The van der Waals surface area contributed by atoms with Crippen LogP contribution in [0.4, 0.5) is 0 Å². The summed E-state index contributed by atoms with van der Waals surface area (Å²) in [7, 11) is 0. The normalized spacial score (nSPS) is 12.4. The van der Waals surface area contributed by atoms with E-state index in [1.807, 2.05) is 54.6 Å². The third-order valence-corrected chi connectivity index (χ3v) is 3.62. The van der Waals surface area contributed by atoms with Gasteiger partial charge in [0.05, 0.1) is 0 Å². The molecule has 0 N–H and O–H groups in total. The lowest BCUT2D eigenvalue weighted by Gasteiger charge is -2.14. The molecule has 0 aromatic heterocycles. The number of rotatable bonds is 4. The second-order valence-electron chi connectivity index (χ2n) is 4.88. The number of Topliss-reactive ketones (excluding diaryl/α,β-unsaturated/α-hetero) is 1. The number of alkyl halides is 1. The Morgan fingerprint density at radius 2 is 1.53 bits per heavy atom. The largest absolute Gasteiger partial charge is 0.292 e. The van der Waals surface area contributed by atoms with Crippen LogP contribution in [0.1, 0.15) is 46.6 Å². The van der Waals surface area contributed by atoms with Gasteiger partial charge in [0, 0.05) is 5.56 Å². The minimum absolute atomic E-state index is 0.0304. The summed E-state index contributed by atoms with van der Waals surface area (Å²) in [4.78, 5) is 12.5. The predicted octanol–water partition coefficient (Wildman–Crippen LogP) is 4.97. The van der Waals surface area contributed by atoms with E-state index in [-0.39, 0.29) is 5.78 Å². The molecule has 0 saturated heterocycles. The number of hydrogen-bond donors (Lipinski definition) is 0. The highest BCUT2D eigenvalue weighted by molar-refractivity contribution is 6.34. The van der Waals surface area contributed by atoms with Gasteiger partial charge in [-0.2, -0.15) is 0 Å². The van der Waals surface area contributed by atoms with E-state index < -0.39 is 5.38 Å². The Hall–Kier alpha value is -1.60. The SMILES string of the molecule is CC(C)c1ccccc1C(=O)C(Cl)c1ccccc1. The van der Waals surface area contributed by atoms with Gasteiger partial charge >= 0.3 is 0 Å². The first-order valence-electron chi connectivity index (χ1n) is 6.43. The Kier molecular flexibility index (Phi) is 4.39. The highest BCUT2D eigenvalue weighted by Crippen LogP contribution is 2.28. The third kappa shape index (κ3) is 3.05. The summed E-state index contributed by atoms with van der Waals surface area (Å²) in [6.45, 7) is 4.16. The molecule has 0 spiro atoms. The van der Waals surface area contributed by atoms with Crippen LogP contribution in [0.2, 0.25) is 0 Å². The fourth-order valence-electron chi connectivity index (χ4n) is 2.13. The molecule has 0 amide bonds. The average molecular weight is 273 g/mol. The lowest BCUT2D eigenvalue weighted by Crippen LogP contribution is -2.11. The Morgan fingerprint density at radius 3 is 2.16 bits per heavy atom. The highest BCUT2D eigenvalue weighted by atomic mass is 35.5. The quantitative estimate of drug-likeness (QED) is 0.567. The van der Waals surface area contributed by atoms with E-state index in [1.54, 1.807) is 0 Å². The molecule has 0 saturated carbocycles. The zero-order valence-corrected chi connectivity index (χ0v) is 11.9. The van der Waals surface area contributed by atoms with E-state index in [0.717, 1.165) is 16.7 Å². The van der Waals surface area contributed by atoms with Crippen LogP contribution in [-0.4, -0.2) is 5.78 Å². The third-order valence-electron chi connectivity index (χ3n) is 3.17. The van der Waals surface area contributed by atoms with E-state index in [0.29, 0.717) is 5.92 Å². The molecule has 0 heterocycles. The van der Waals surface area contributed by atoms with Crippen LogP contribution in [-0.2, 0) is 0 Å². The van der Waals surface area contributed by atoms with Crippen molar-refractivity contribution in [1.29, 1.82) is 0 Å². The lowest BCUT2D eigenvalue weighted by molar-refractivity contribution is 0.0986. The molecule has 0 fully saturated rings. The zero-order valence-electron chi connectivity index (χ0n) is 11.1. The number of hydrogen-bond acceptors (Lipinski definition) is 1. The number of halogens is 1. The van der Waals surface area contributed by atoms with Gasteiger partial charge in [-0.25, -0.2) is 0 Å². The van der Waals surface area contributed by atoms with E-state index in [1.165, 1.54) is 0 Å². The van der Waals surface area contributed by atoms with E-state index >= 15 is 0 Å². The Morgan fingerprint density at radius 1 is 0.947 bits per heavy atom. The molecule has 2 aromatic carbocycles. The van der Waals surface area contributed by atoms with Crippen LogP contribution in [0.5, 0.6) is 0 Å². The van der Waals surface area contributed by atoms with Gasteiger partial charge < -0.3 is 0 Å². The Labute approximate surface area is 119 Å². The minimum Gasteiger partial charge on any atom is -0.292 e. The molecule has 0 aliphatic rings. The Balaban J connectivity index is 2.35. The number of carbonyl (C=O) groups is 1. The summed E-state index contributed by atoms with van der Waals surface area (Å²) in [6.07, 6.45) is 0. The van der Waals surface area contributed by atoms with E-state index in [9.17, 15) is 4.79 Å². The lowest BCUT2D eigenvalue weighted by atomic mass is 9.92. The first kappa shape index (κ1) is 13.8. The second kappa shape index (κ2) is 6.03. The molecule has 1 unspecified atom stereocenters. The van der Waals surface area contributed by atoms with Crippen molar-refractivity contribution in [3.05, 3.63) is 71.3 Å². The summed E-state index contributed by atoms with van der Waals surface area (Å²) in [6, 6.07) is 17.2. The van der Waals surface area contributed by atoms with Crippen LogP contribution in [0.25, 0.3) is 0 Å². The fourth-order valence-corrected chi connectivity index (χ4v) is 2.40. The molecule has 0 bridgehead atoms. The van der Waals surface area contributed by atoms with Crippen molar-refractivity contribution in [3.63, 3.8) is 0 Å². The molecule has 2 aromatic rings. The van der Waals surface area contributed by atoms with Crippen LogP contribution in [0.3, 0.4) is 0 Å². The molecule has 1 nitrogen and oxygen atoms in total. The Bertz CT molecular complexity index is 560. The zero-order chi connectivity index (χ0) is 13.8. The standard InChI is InChI=1S/C17H17ClO/c1-12(2)14-10-6-7-11-15(14)17(19)16(18)13-8-4-3-5-9-13/h3-12,16H,1-2H3. The molecule has 19 heavy (non-hydrogen) atoms. The predicted molar refractivity (Wildman–Crippen MR) is 79.9 cm³/mol. The second-order valence-corrected chi connectivity index (χ2v) is 5.32. The molecule has 0 radical (unpaired) electrons. The monoisotopic (exact) mass is 272 g/mol. The molecule has 0 aliphatic carbocycles. The first-order chi connectivity index (χ1) is 9.11. The minimum atomic E-state index is -0.624. The van der Waals surface area contributed by atoms with Gasteiger partial charge in [-0.15, -0.1) is 11.6 Å². The van der Waals surface area contributed by atoms with Crippen LogP contribution in [0, 0.1) is 0 Å². The number of ketones is 1. The summed E-state index contributed by atoms with van der Waals surface area (Å²) >= 11 is 6.32. The fraction of sp³-hybridized carbons (Fsp3) is 0.235. The van der Waals surface area contributed by atoms with Crippen molar-refractivity contribution in [1.82, 2.24) is 0 Å². The van der Waals surface area contributed by atoms with Crippen molar-refractivity contribution in [3.8, 4) is 0 Å². The topological polar surface area (TPSA) is 17.1 Å². The molecule has 98 valence electrons. The van der Waals surface area contributed by atoms with Gasteiger partial charge in [0.25, 0.3) is 0 Å². The smallest absolute Gasteiger partial charge is 0.185 e. The molecular weight excluding hydrogens is 256 g/mol. The van der Waals surface area contributed by atoms with Gasteiger partial charge in [-0.05, 0) is 17.0 Å².